The minimum Gasteiger partial charge on any atom is -0.386 e. The Morgan fingerprint density at radius 3 is 2.33 bits per heavy atom. The molecule has 3 nitrogen and oxygen atoms in total. The lowest BCUT2D eigenvalue weighted by atomic mass is 9.59. The van der Waals surface area contributed by atoms with Gasteiger partial charge in [-0.15, -0.1) is 0 Å². The molecular formula is C15H27NO2. The van der Waals surface area contributed by atoms with E-state index in [2.05, 4.69) is 13.0 Å². The summed E-state index contributed by atoms with van der Waals surface area (Å²) in [6, 6.07) is 2.44. The first-order chi connectivity index (χ1) is 8.45. The average Bonchev–Trinajstić information content (AvgIpc) is 2.38. The van der Waals surface area contributed by atoms with E-state index in [1.807, 2.05) is 13.8 Å². The van der Waals surface area contributed by atoms with Gasteiger partial charge in [-0.05, 0) is 37.5 Å². The zero-order valence-electron chi connectivity index (χ0n) is 12.2. The quantitative estimate of drug-likeness (QED) is 0.819. The Kier molecular flexibility index (Phi) is 5.19. The number of methoxy groups -OCH3 is 1. The van der Waals surface area contributed by atoms with Crippen LogP contribution in [0.5, 0.6) is 0 Å². The van der Waals surface area contributed by atoms with Crippen molar-refractivity contribution in [3.05, 3.63) is 0 Å². The van der Waals surface area contributed by atoms with E-state index in [1.165, 1.54) is 6.42 Å². The van der Waals surface area contributed by atoms with Crippen molar-refractivity contribution in [1.82, 2.24) is 0 Å². The van der Waals surface area contributed by atoms with Gasteiger partial charge in [-0.1, -0.05) is 27.2 Å². The predicted molar refractivity (Wildman–Crippen MR) is 72.0 cm³/mol. The summed E-state index contributed by atoms with van der Waals surface area (Å²) in [6.45, 7) is 6.40. The van der Waals surface area contributed by atoms with Crippen molar-refractivity contribution in [3.63, 3.8) is 0 Å². The topological polar surface area (TPSA) is 53.2 Å². The lowest BCUT2D eigenvalue weighted by Gasteiger charge is -2.48. The van der Waals surface area contributed by atoms with Crippen LogP contribution in [0.3, 0.4) is 0 Å². The van der Waals surface area contributed by atoms with Gasteiger partial charge in [0.25, 0.3) is 0 Å². The summed E-state index contributed by atoms with van der Waals surface area (Å²) in [5.74, 6) is 0.737. The van der Waals surface area contributed by atoms with E-state index in [1.54, 1.807) is 7.11 Å². The SMILES string of the molecule is CCC1CCC(C#N)(C(O)(COC)C(C)C)CC1. The molecule has 1 atom stereocenters. The molecule has 0 heterocycles. The number of aliphatic hydroxyl groups is 1. The van der Waals surface area contributed by atoms with Gasteiger partial charge in [-0.2, -0.15) is 5.26 Å². The molecule has 0 amide bonds. The Bertz CT molecular complexity index is 300. The minimum atomic E-state index is -1.03. The van der Waals surface area contributed by atoms with Crippen molar-refractivity contribution in [2.45, 2.75) is 58.5 Å². The van der Waals surface area contributed by atoms with Crippen molar-refractivity contribution in [1.29, 1.82) is 5.26 Å². The molecule has 0 radical (unpaired) electrons. The number of ether oxygens (including phenoxy) is 1. The van der Waals surface area contributed by atoms with Gasteiger partial charge in [0.15, 0.2) is 0 Å². The van der Waals surface area contributed by atoms with E-state index in [-0.39, 0.29) is 12.5 Å². The molecule has 1 rings (SSSR count). The van der Waals surface area contributed by atoms with Crippen LogP contribution in [0.2, 0.25) is 0 Å². The second kappa shape index (κ2) is 6.04. The monoisotopic (exact) mass is 253 g/mol. The lowest BCUT2D eigenvalue weighted by Crippen LogP contribution is -2.56. The minimum absolute atomic E-state index is 0.0234. The van der Waals surface area contributed by atoms with Gasteiger partial charge in [-0.3, -0.25) is 0 Å². The fourth-order valence-corrected chi connectivity index (χ4v) is 3.30. The van der Waals surface area contributed by atoms with E-state index in [4.69, 9.17) is 4.74 Å². The second-order valence-electron chi connectivity index (χ2n) is 6.06. The number of nitriles is 1. The maximum Gasteiger partial charge on any atom is 0.109 e. The standard InChI is InChI=1S/C15H27NO2/c1-5-13-6-8-14(10-16,9-7-13)15(17,11-18-4)12(2)3/h12-13,17H,5-9,11H2,1-4H3. The number of hydrogen-bond acceptors (Lipinski definition) is 3. The van der Waals surface area contributed by atoms with Crippen molar-refractivity contribution < 1.29 is 9.84 Å². The van der Waals surface area contributed by atoms with Crippen LogP contribution in [0.25, 0.3) is 0 Å². The highest BCUT2D eigenvalue weighted by Gasteiger charge is 2.53. The Balaban J connectivity index is 2.97. The Labute approximate surface area is 111 Å². The number of rotatable bonds is 5. The third kappa shape index (κ3) is 2.55. The zero-order valence-corrected chi connectivity index (χ0v) is 12.2. The Morgan fingerprint density at radius 1 is 1.44 bits per heavy atom. The van der Waals surface area contributed by atoms with E-state index in [9.17, 15) is 10.4 Å². The molecule has 0 saturated heterocycles. The van der Waals surface area contributed by atoms with Crippen LogP contribution in [0.4, 0.5) is 0 Å². The molecule has 0 bridgehead atoms. The largest absolute Gasteiger partial charge is 0.386 e. The maximum atomic E-state index is 11.0. The molecule has 0 spiro atoms. The van der Waals surface area contributed by atoms with E-state index in [0.29, 0.717) is 5.92 Å². The van der Waals surface area contributed by atoms with Crippen molar-refractivity contribution in [2.75, 3.05) is 13.7 Å². The van der Waals surface area contributed by atoms with E-state index >= 15 is 0 Å². The summed E-state index contributed by atoms with van der Waals surface area (Å²) in [5.41, 5.74) is -1.67. The fraction of sp³-hybridized carbons (Fsp3) is 0.933. The van der Waals surface area contributed by atoms with Crippen molar-refractivity contribution in [3.8, 4) is 6.07 Å². The number of hydrogen-bond donors (Lipinski definition) is 1. The van der Waals surface area contributed by atoms with Gasteiger partial charge >= 0.3 is 0 Å². The van der Waals surface area contributed by atoms with Crippen LogP contribution in [0, 0.1) is 28.6 Å². The van der Waals surface area contributed by atoms with E-state index < -0.39 is 11.0 Å². The molecule has 18 heavy (non-hydrogen) atoms. The normalized spacial score (nSPS) is 31.9. The van der Waals surface area contributed by atoms with Gasteiger partial charge < -0.3 is 9.84 Å². The van der Waals surface area contributed by atoms with Crippen LogP contribution in [-0.4, -0.2) is 24.4 Å². The second-order valence-corrected chi connectivity index (χ2v) is 6.06. The average molecular weight is 253 g/mol. The fourth-order valence-electron chi connectivity index (χ4n) is 3.30. The Hall–Kier alpha value is -0.590. The smallest absolute Gasteiger partial charge is 0.109 e. The highest BCUT2D eigenvalue weighted by molar-refractivity contribution is 5.14. The van der Waals surface area contributed by atoms with Gasteiger partial charge in [0.05, 0.1) is 18.1 Å². The maximum absolute atomic E-state index is 11.0. The van der Waals surface area contributed by atoms with Crippen LogP contribution < -0.4 is 0 Å². The third-order valence-electron chi connectivity index (χ3n) is 4.90. The van der Waals surface area contributed by atoms with Crippen molar-refractivity contribution >= 4 is 0 Å². The van der Waals surface area contributed by atoms with Crippen LogP contribution >= 0.6 is 0 Å². The molecule has 3 heteroatoms. The first-order valence-electron chi connectivity index (χ1n) is 7.08. The first-order valence-corrected chi connectivity index (χ1v) is 7.08. The summed E-state index contributed by atoms with van der Waals surface area (Å²) >= 11 is 0. The van der Waals surface area contributed by atoms with Crippen LogP contribution in [-0.2, 0) is 4.74 Å². The molecule has 1 aliphatic rings. The van der Waals surface area contributed by atoms with Crippen molar-refractivity contribution in [2.24, 2.45) is 17.3 Å². The van der Waals surface area contributed by atoms with Gasteiger partial charge in [0, 0.05) is 7.11 Å². The Morgan fingerprint density at radius 2 is 2.00 bits per heavy atom. The number of nitrogens with zero attached hydrogens (tertiary/aromatic N) is 1. The summed E-state index contributed by atoms with van der Waals surface area (Å²) in [7, 11) is 1.59. The third-order valence-corrected chi connectivity index (χ3v) is 4.90. The zero-order chi connectivity index (χ0) is 13.8. The molecule has 1 fully saturated rings. The summed E-state index contributed by atoms with van der Waals surface area (Å²) in [5, 5.41) is 20.6. The highest BCUT2D eigenvalue weighted by atomic mass is 16.5. The molecule has 1 N–H and O–H groups in total. The van der Waals surface area contributed by atoms with Gasteiger partial charge in [0.2, 0.25) is 0 Å². The van der Waals surface area contributed by atoms with Gasteiger partial charge in [-0.25, -0.2) is 0 Å². The van der Waals surface area contributed by atoms with Gasteiger partial charge in [0.1, 0.15) is 5.60 Å². The molecule has 0 aromatic heterocycles. The molecular weight excluding hydrogens is 226 g/mol. The molecule has 1 unspecified atom stereocenters. The molecule has 0 aliphatic heterocycles. The van der Waals surface area contributed by atoms with Crippen LogP contribution in [0.15, 0.2) is 0 Å². The molecule has 0 aromatic carbocycles. The summed E-state index contributed by atoms with van der Waals surface area (Å²) < 4.78 is 5.20. The predicted octanol–water partition coefficient (Wildman–Crippen LogP) is 3.13. The first kappa shape index (κ1) is 15.5. The molecule has 0 aromatic rings. The summed E-state index contributed by atoms with van der Waals surface area (Å²) in [6.07, 6.45) is 4.84. The van der Waals surface area contributed by atoms with E-state index in [0.717, 1.165) is 25.7 Å². The molecule has 1 saturated carbocycles. The lowest BCUT2D eigenvalue weighted by molar-refractivity contribution is -0.147. The summed E-state index contributed by atoms with van der Waals surface area (Å²) in [4.78, 5) is 0. The molecule has 1 aliphatic carbocycles. The highest BCUT2D eigenvalue weighted by Crippen LogP contribution is 2.49. The molecule has 104 valence electrons. The van der Waals surface area contributed by atoms with Crippen LogP contribution in [0.1, 0.15) is 52.9 Å².